The van der Waals surface area contributed by atoms with Crippen molar-refractivity contribution in [3.8, 4) is 0 Å². The molecule has 0 aliphatic heterocycles. The fourth-order valence-corrected chi connectivity index (χ4v) is 3.19. The number of allylic oxidation sites excluding steroid dienone is 1. The molecule has 0 fully saturated rings. The Hall–Kier alpha value is -2.99. The first kappa shape index (κ1) is 17.4. The van der Waals surface area contributed by atoms with Crippen LogP contribution in [0.3, 0.4) is 0 Å². The summed E-state index contributed by atoms with van der Waals surface area (Å²) in [6.07, 6.45) is 4.16. The molecule has 0 unspecified atom stereocenters. The minimum Gasteiger partial charge on any atom is -0.338 e. The third-order valence-electron chi connectivity index (χ3n) is 4.23. The smallest absolute Gasteiger partial charge is 0.229 e. The summed E-state index contributed by atoms with van der Waals surface area (Å²) in [5.41, 5.74) is 3.53. The number of hydrogen-bond donors (Lipinski definition) is 2. The van der Waals surface area contributed by atoms with Gasteiger partial charge in [0.05, 0.1) is 16.4 Å². The van der Waals surface area contributed by atoms with Crippen LogP contribution in [0.25, 0.3) is 6.08 Å². The first-order valence-electron chi connectivity index (χ1n) is 8.30. The number of halogens is 3. The maximum Gasteiger partial charge on any atom is 0.229 e. The van der Waals surface area contributed by atoms with Crippen LogP contribution in [0.1, 0.15) is 18.1 Å². The maximum absolute atomic E-state index is 14.8. The third kappa shape index (κ3) is 3.61. The highest BCUT2D eigenvalue weighted by molar-refractivity contribution is 6.33. The number of benzene rings is 2. The van der Waals surface area contributed by atoms with E-state index in [2.05, 4.69) is 20.6 Å². The van der Waals surface area contributed by atoms with Crippen LogP contribution in [0.15, 0.2) is 48.2 Å². The van der Waals surface area contributed by atoms with Crippen molar-refractivity contribution in [1.82, 2.24) is 9.97 Å². The second-order valence-corrected chi connectivity index (χ2v) is 6.71. The summed E-state index contributed by atoms with van der Waals surface area (Å²) in [6, 6.07) is 9.22. The molecule has 1 aliphatic rings. The van der Waals surface area contributed by atoms with Crippen molar-refractivity contribution in [1.29, 1.82) is 0 Å². The lowest BCUT2D eigenvalue weighted by molar-refractivity contribution is 0.628. The van der Waals surface area contributed by atoms with E-state index >= 15 is 0 Å². The maximum atomic E-state index is 14.8. The first-order chi connectivity index (χ1) is 13.0. The van der Waals surface area contributed by atoms with Gasteiger partial charge >= 0.3 is 0 Å². The Bertz CT molecular complexity index is 1070. The van der Waals surface area contributed by atoms with E-state index in [-0.39, 0.29) is 16.8 Å². The standard InChI is InChI=1S/C20H15ClF2N4/c1-11-8-12-2-4-17(19(23)14(12)9-11)25-18-6-7-24-20(27-18)26-16-5-3-13(22)10-15(16)21/h2-7,9-10H,8H2,1H3,(H2,24,25,26,27). The van der Waals surface area contributed by atoms with Crippen LogP contribution in [0.5, 0.6) is 0 Å². The van der Waals surface area contributed by atoms with E-state index in [0.29, 0.717) is 22.8 Å². The summed E-state index contributed by atoms with van der Waals surface area (Å²) >= 11 is 6.01. The summed E-state index contributed by atoms with van der Waals surface area (Å²) in [5.74, 6) is -0.0635. The molecule has 0 saturated heterocycles. The van der Waals surface area contributed by atoms with Crippen LogP contribution >= 0.6 is 11.6 Å². The van der Waals surface area contributed by atoms with E-state index in [9.17, 15) is 8.78 Å². The van der Waals surface area contributed by atoms with E-state index in [1.54, 1.807) is 12.1 Å². The molecule has 1 aliphatic carbocycles. The number of aromatic nitrogens is 2. The summed E-state index contributed by atoms with van der Waals surface area (Å²) in [5, 5.41) is 6.11. The zero-order valence-electron chi connectivity index (χ0n) is 14.4. The zero-order valence-corrected chi connectivity index (χ0v) is 15.1. The fraction of sp³-hybridized carbons (Fsp3) is 0.100. The lowest BCUT2D eigenvalue weighted by atomic mass is 10.1. The lowest BCUT2D eigenvalue weighted by Gasteiger charge is -2.11. The molecule has 27 heavy (non-hydrogen) atoms. The lowest BCUT2D eigenvalue weighted by Crippen LogP contribution is -2.02. The molecule has 0 spiro atoms. The van der Waals surface area contributed by atoms with E-state index in [4.69, 9.17) is 11.6 Å². The largest absolute Gasteiger partial charge is 0.338 e. The van der Waals surface area contributed by atoms with E-state index < -0.39 is 5.82 Å². The Morgan fingerprint density at radius 1 is 1.04 bits per heavy atom. The van der Waals surface area contributed by atoms with Crippen molar-refractivity contribution in [3.63, 3.8) is 0 Å². The van der Waals surface area contributed by atoms with Gasteiger partial charge in [-0.3, -0.25) is 0 Å². The van der Waals surface area contributed by atoms with E-state index in [0.717, 1.165) is 17.6 Å². The summed E-state index contributed by atoms with van der Waals surface area (Å²) < 4.78 is 27.9. The molecule has 0 radical (unpaired) electrons. The molecule has 7 heteroatoms. The summed E-state index contributed by atoms with van der Waals surface area (Å²) in [4.78, 5) is 8.42. The van der Waals surface area contributed by atoms with Gasteiger partial charge in [0.25, 0.3) is 0 Å². The number of nitrogens with zero attached hydrogens (tertiary/aromatic N) is 2. The Kier molecular flexibility index (Phi) is 4.49. The number of anilines is 4. The molecule has 4 nitrogen and oxygen atoms in total. The molecular formula is C20H15ClF2N4. The van der Waals surface area contributed by atoms with Gasteiger partial charge < -0.3 is 10.6 Å². The molecule has 2 N–H and O–H groups in total. The van der Waals surface area contributed by atoms with Gasteiger partial charge in [0.15, 0.2) is 5.82 Å². The van der Waals surface area contributed by atoms with Gasteiger partial charge in [-0.1, -0.05) is 29.3 Å². The monoisotopic (exact) mass is 384 g/mol. The normalized spacial score (nSPS) is 12.5. The molecule has 0 amide bonds. The van der Waals surface area contributed by atoms with Crippen molar-refractivity contribution < 1.29 is 8.78 Å². The van der Waals surface area contributed by atoms with Gasteiger partial charge in [0, 0.05) is 11.8 Å². The van der Waals surface area contributed by atoms with Crippen molar-refractivity contribution >= 4 is 40.8 Å². The number of nitrogens with one attached hydrogen (secondary N) is 2. The second kappa shape index (κ2) is 6.96. The van der Waals surface area contributed by atoms with Crippen molar-refractivity contribution in [2.75, 3.05) is 10.6 Å². The Balaban J connectivity index is 1.58. The molecule has 1 aromatic heterocycles. The second-order valence-electron chi connectivity index (χ2n) is 6.31. The predicted molar refractivity (Wildman–Crippen MR) is 104 cm³/mol. The van der Waals surface area contributed by atoms with Gasteiger partial charge in [-0.25, -0.2) is 13.8 Å². The molecule has 4 rings (SSSR count). The quantitative estimate of drug-likeness (QED) is 0.592. The van der Waals surface area contributed by atoms with Crippen molar-refractivity contribution in [2.24, 2.45) is 0 Å². The van der Waals surface area contributed by atoms with Crippen LogP contribution < -0.4 is 10.6 Å². The SMILES string of the molecule is CC1=Cc2c(ccc(Nc3ccnc(Nc4ccc(F)cc4Cl)n3)c2F)C1. The van der Waals surface area contributed by atoms with Crippen LogP contribution in [-0.2, 0) is 6.42 Å². The topological polar surface area (TPSA) is 49.8 Å². The van der Waals surface area contributed by atoms with Gasteiger partial charge in [0.2, 0.25) is 5.95 Å². The average molecular weight is 385 g/mol. The molecule has 136 valence electrons. The third-order valence-corrected chi connectivity index (χ3v) is 4.54. The molecule has 0 bridgehead atoms. The first-order valence-corrected chi connectivity index (χ1v) is 8.68. The molecule has 1 heterocycles. The number of fused-ring (bicyclic) bond motifs is 1. The number of rotatable bonds is 4. The minimum atomic E-state index is -0.432. The Labute approximate surface area is 159 Å². The van der Waals surface area contributed by atoms with Gasteiger partial charge in [-0.15, -0.1) is 0 Å². The predicted octanol–water partition coefficient (Wildman–Crippen LogP) is 5.85. The van der Waals surface area contributed by atoms with Crippen molar-refractivity contribution in [3.05, 3.63) is 76.0 Å². The average Bonchev–Trinajstić information content (AvgIpc) is 3.02. The zero-order chi connectivity index (χ0) is 19.0. The molecular weight excluding hydrogens is 370 g/mol. The molecule has 3 aromatic rings. The van der Waals surface area contributed by atoms with Gasteiger partial charge in [0.1, 0.15) is 11.6 Å². The Morgan fingerprint density at radius 3 is 2.67 bits per heavy atom. The van der Waals surface area contributed by atoms with Gasteiger partial charge in [-0.2, -0.15) is 4.98 Å². The van der Waals surface area contributed by atoms with Crippen LogP contribution in [-0.4, -0.2) is 9.97 Å². The highest BCUT2D eigenvalue weighted by Gasteiger charge is 2.17. The fourth-order valence-electron chi connectivity index (χ4n) is 2.98. The summed E-state index contributed by atoms with van der Waals surface area (Å²) in [7, 11) is 0. The molecule has 0 saturated carbocycles. The van der Waals surface area contributed by atoms with Crippen LogP contribution in [0.4, 0.5) is 31.9 Å². The minimum absolute atomic E-state index is 0.212. The molecule has 2 aromatic carbocycles. The Morgan fingerprint density at radius 2 is 1.85 bits per heavy atom. The highest BCUT2D eigenvalue weighted by Crippen LogP contribution is 2.32. The van der Waals surface area contributed by atoms with Crippen molar-refractivity contribution in [2.45, 2.75) is 13.3 Å². The van der Waals surface area contributed by atoms with E-state index in [1.165, 1.54) is 24.4 Å². The van der Waals surface area contributed by atoms with Crippen LogP contribution in [0.2, 0.25) is 5.02 Å². The summed E-state index contributed by atoms with van der Waals surface area (Å²) in [6.45, 7) is 1.98. The highest BCUT2D eigenvalue weighted by atomic mass is 35.5. The number of hydrogen-bond acceptors (Lipinski definition) is 4. The van der Waals surface area contributed by atoms with Crippen LogP contribution in [0, 0.1) is 11.6 Å². The molecule has 0 atom stereocenters. The van der Waals surface area contributed by atoms with Gasteiger partial charge in [-0.05, 0) is 49.2 Å². The van der Waals surface area contributed by atoms with E-state index in [1.807, 2.05) is 19.1 Å².